The first-order valence-corrected chi connectivity index (χ1v) is 10.9. The van der Waals surface area contributed by atoms with Gasteiger partial charge in [0.05, 0.1) is 0 Å². The van der Waals surface area contributed by atoms with Crippen LogP contribution in [0, 0.1) is 5.41 Å². The molecule has 0 fully saturated rings. The van der Waals surface area contributed by atoms with E-state index in [0.717, 1.165) is 19.3 Å². The van der Waals surface area contributed by atoms with Crippen LogP contribution in [-0.4, -0.2) is 41.4 Å². The minimum Gasteiger partial charge on any atom is -0.480 e. The fourth-order valence-corrected chi connectivity index (χ4v) is 2.93. The number of carbonyl (C=O) groups is 2. The van der Waals surface area contributed by atoms with Crippen LogP contribution in [0.5, 0.6) is 0 Å². The quantitative estimate of drug-likeness (QED) is 0.138. The molecular formula is C22H41N3O3. The number of amides is 1. The molecular weight excluding hydrogens is 354 g/mol. The fourth-order valence-electron chi connectivity index (χ4n) is 2.93. The number of aliphatic carboxylic acids is 1. The Hall–Kier alpha value is -1.85. The molecule has 0 saturated heterocycles. The van der Waals surface area contributed by atoms with Gasteiger partial charge in [0, 0.05) is 13.5 Å². The number of carboxylic acids is 1. The van der Waals surface area contributed by atoms with Crippen molar-refractivity contribution in [1.82, 2.24) is 10.2 Å². The van der Waals surface area contributed by atoms with Gasteiger partial charge in [-0.05, 0) is 32.1 Å². The molecule has 6 heteroatoms. The largest absolute Gasteiger partial charge is 0.480 e. The van der Waals surface area contributed by atoms with E-state index >= 15 is 0 Å². The lowest BCUT2D eigenvalue weighted by Gasteiger charge is -2.17. The molecule has 0 aromatic carbocycles. The number of nitrogens with zero attached hydrogens (tertiary/aromatic N) is 1. The van der Waals surface area contributed by atoms with Crippen LogP contribution in [0.15, 0.2) is 12.2 Å². The molecule has 3 N–H and O–H groups in total. The summed E-state index contributed by atoms with van der Waals surface area (Å²) in [6, 6.07) is 0. The predicted octanol–water partition coefficient (Wildman–Crippen LogP) is 5.09. The highest BCUT2D eigenvalue weighted by Crippen LogP contribution is 2.11. The third kappa shape index (κ3) is 17.6. The highest BCUT2D eigenvalue weighted by molar-refractivity contribution is 5.96. The molecule has 1 amide bonds. The second-order valence-electron chi connectivity index (χ2n) is 7.48. The van der Waals surface area contributed by atoms with E-state index in [0.29, 0.717) is 6.42 Å². The Bertz CT molecular complexity index is 464. The van der Waals surface area contributed by atoms with Gasteiger partial charge in [-0.3, -0.25) is 20.3 Å². The highest BCUT2D eigenvalue weighted by Gasteiger charge is 2.11. The van der Waals surface area contributed by atoms with Crippen molar-refractivity contribution in [3.8, 4) is 0 Å². The molecule has 0 aliphatic heterocycles. The number of hydrogen-bond donors (Lipinski definition) is 3. The maximum atomic E-state index is 11.7. The molecule has 0 spiro atoms. The van der Waals surface area contributed by atoms with Crippen molar-refractivity contribution in [3.05, 3.63) is 12.2 Å². The number of nitrogens with one attached hydrogen (secondary N) is 2. The van der Waals surface area contributed by atoms with E-state index in [1.807, 2.05) is 0 Å². The normalized spacial score (nSPS) is 10.9. The van der Waals surface area contributed by atoms with E-state index in [4.69, 9.17) is 10.5 Å². The number of carboxylic acid groups (broad SMARTS) is 1. The molecule has 0 bridgehead atoms. The molecule has 0 aromatic heterocycles. The van der Waals surface area contributed by atoms with Crippen molar-refractivity contribution < 1.29 is 14.7 Å². The van der Waals surface area contributed by atoms with Gasteiger partial charge in [0.2, 0.25) is 5.91 Å². The van der Waals surface area contributed by atoms with Crippen LogP contribution in [0.3, 0.4) is 0 Å². The summed E-state index contributed by atoms with van der Waals surface area (Å²) in [7, 11) is 1.47. The molecule has 6 nitrogen and oxygen atoms in total. The Morgan fingerprint density at radius 3 is 1.93 bits per heavy atom. The molecule has 0 aromatic rings. The molecule has 0 radical (unpaired) electrons. The first-order valence-electron chi connectivity index (χ1n) is 10.9. The Balaban J connectivity index is 3.42. The van der Waals surface area contributed by atoms with Crippen LogP contribution in [0.2, 0.25) is 0 Å². The van der Waals surface area contributed by atoms with Gasteiger partial charge in [-0.2, -0.15) is 0 Å². The Morgan fingerprint density at radius 1 is 0.893 bits per heavy atom. The van der Waals surface area contributed by atoms with Crippen molar-refractivity contribution in [2.45, 2.75) is 96.8 Å². The van der Waals surface area contributed by atoms with Crippen LogP contribution >= 0.6 is 0 Å². The zero-order valence-corrected chi connectivity index (χ0v) is 18.0. The minimum absolute atomic E-state index is 0.164. The van der Waals surface area contributed by atoms with Gasteiger partial charge < -0.3 is 10.0 Å². The maximum absolute atomic E-state index is 11.7. The molecule has 162 valence electrons. The van der Waals surface area contributed by atoms with Gasteiger partial charge in [-0.15, -0.1) is 0 Å². The van der Waals surface area contributed by atoms with Crippen LogP contribution in [0.4, 0.5) is 0 Å². The summed E-state index contributed by atoms with van der Waals surface area (Å²) < 4.78 is 0. The fraction of sp³-hybridized carbons (Fsp3) is 0.773. The summed E-state index contributed by atoms with van der Waals surface area (Å²) in [4.78, 5) is 23.5. The van der Waals surface area contributed by atoms with E-state index in [9.17, 15) is 9.59 Å². The van der Waals surface area contributed by atoms with E-state index in [2.05, 4.69) is 24.4 Å². The summed E-state index contributed by atoms with van der Waals surface area (Å²) in [5.41, 5.74) is 0. The number of rotatable bonds is 17. The summed E-state index contributed by atoms with van der Waals surface area (Å²) in [5, 5.41) is 18.7. The number of unbranched alkanes of at least 4 members (excludes halogenated alkanes) is 11. The van der Waals surface area contributed by atoms with Gasteiger partial charge in [-0.1, -0.05) is 70.4 Å². The molecule has 0 unspecified atom stereocenters. The third-order valence-electron chi connectivity index (χ3n) is 4.68. The monoisotopic (exact) mass is 395 g/mol. The van der Waals surface area contributed by atoms with Gasteiger partial charge in [0.15, 0.2) is 5.96 Å². The average molecular weight is 396 g/mol. The van der Waals surface area contributed by atoms with Crippen molar-refractivity contribution in [3.63, 3.8) is 0 Å². The molecule has 0 heterocycles. The van der Waals surface area contributed by atoms with E-state index in [-0.39, 0.29) is 18.4 Å². The molecule has 0 atom stereocenters. The van der Waals surface area contributed by atoms with Crippen LogP contribution < -0.4 is 5.32 Å². The zero-order chi connectivity index (χ0) is 21.0. The molecule has 0 aliphatic rings. The van der Waals surface area contributed by atoms with Crippen LogP contribution in [0.25, 0.3) is 0 Å². The number of carbonyl (C=O) groups excluding carboxylic acids is 1. The predicted molar refractivity (Wildman–Crippen MR) is 116 cm³/mol. The molecule has 0 aliphatic carbocycles. The Morgan fingerprint density at radius 2 is 1.39 bits per heavy atom. The van der Waals surface area contributed by atoms with Gasteiger partial charge in [0.1, 0.15) is 6.54 Å². The van der Waals surface area contributed by atoms with Gasteiger partial charge >= 0.3 is 5.97 Å². The minimum atomic E-state index is -1.03. The highest BCUT2D eigenvalue weighted by atomic mass is 16.4. The average Bonchev–Trinajstić information content (AvgIpc) is 2.64. The number of allylic oxidation sites excluding steroid dienone is 2. The van der Waals surface area contributed by atoms with E-state index < -0.39 is 5.97 Å². The van der Waals surface area contributed by atoms with Crippen molar-refractivity contribution in [2.24, 2.45) is 0 Å². The first-order chi connectivity index (χ1) is 13.5. The second kappa shape index (κ2) is 18.5. The zero-order valence-electron chi connectivity index (χ0n) is 18.0. The summed E-state index contributed by atoms with van der Waals surface area (Å²) >= 11 is 0. The van der Waals surface area contributed by atoms with Gasteiger partial charge in [0.25, 0.3) is 0 Å². The lowest BCUT2D eigenvalue weighted by atomic mass is 10.1. The van der Waals surface area contributed by atoms with Crippen LogP contribution in [-0.2, 0) is 9.59 Å². The SMILES string of the molecule is CCCCC/C=C\CCCCCCCCCCC(=O)NC(=N)N(C)CC(=O)O. The molecule has 28 heavy (non-hydrogen) atoms. The van der Waals surface area contributed by atoms with E-state index in [1.165, 1.54) is 76.2 Å². The van der Waals surface area contributed by atoms with Crippen LogP contribution in [0.1, 0.15) is 96.8 Å². The standard InChI is InChI=1S/C22H41N3O3/c1-3-4-5-6-7-8-9-10-11-12-13-14-15-16-17-18-20(26)24-22(23)25(2)19-21(27)28/h7-8H,3-6,9-19H2,1-2H3,(H,27,28)(H2,23,24,26)/b8-7-. The Labute approximate surface area is 171 Å². The number of hydrogen-bond acceptors (Lipinski definition) is 3. The summed E-state index contributed by atoms with van der Waals surface area (Å²) in [5.74, 6) is -1.41. The maximum Gasteiger partial charge on any atom is 0.323 e. The van der Waals surface area contributed by atoms with Crippen molar-refractivity contribution >= 4 is 17.8 Å². The Kier molecular flexibility index (Phi) is 17.3. The summed E-state index contributed by atoms with van der Waals surface area (Å²) in [6.07, 6.45) is 20.7. The van der Waals surface area contributed by atoms with Crippen molar-refractivity contribution in [1.29, 1.82) is 5.41 Å². The van der Waals surface area contributed by atoms with Gasteiger partial charge in [-0.25, -0.2) is 0 Å². The van der Waals surface area contributed by atoms with Crippen molar-refractivity contribution in [2.75, 3.05) is 13.6 Å². The smallest absolute Gasteiger partial charge is 0.323 e. The first kappa shape index (κ1) is 26.1. The summed E-state index contributed by atoms with van der Waals surface area (Å²) in [6.45, 7) is 1.94. The molecule has 0 saturated carbocycles. The molecule has 0 rings (SSSR count). The van der Waals surface area contributed by atoms with E-state index in [1.54, 1.807) is 0 Å². The lowest BCUT2D eigenvalue weighted by Crippen LogP contribution is -2.43. The third-order valence-corrected chi connectivity index (χ3v) is 4.68. The number of guanidine groups is 1. The second-order valence-corrected chi connectivity index (χ2v) is 7.48. The topological polar surface area (TPSA) is 93.5 Å². The number of likely N-dealkylation sites (N-methyl/N-ethyl adjacent to an activating group) is 1. The lowest BCUT2D eigenvalue weighted by molar-refractivity contribution is -0.137.